The summed E-state index contributed by atoms with van der Waals surface area (Å²) in [5.74, 6) is -0.796. The molecule has 4 aromatic rings. The molecule has 0 fully saturated rings. The highest BCUT2D eigenvalue weighted by Gasteiger charge is 2.17. The number of hydrogen-bond donors (Lipinski definition) is 2. The molecule has 128 valence electrons. The minimum Gasteiger partial charge on any atom is -0.507 e. The van der Waals surface area contributed by atoms with Crippen LogP contribution in [0.4, 0.5) is 0 Å². The molecule has 1 aromatic heterocycles. The Hall–Kier alpha value is -3.31. The highest BCUT2D eigenvalue weighted by Crippen LogP contribution is 2.30. The number of halogens is 1. The molecule has 3 aromatic carbocycles. The van der Waals surface area contributed by atoms with E-state index in [0.717, 1.165) is 0 Å². The molecule has 4 rings (SSSR count). The number of rotatable bonds is 2. The summed E-state index contributed by atoms with van der Waals surface area (Å²) < 4.78 is 5.24. The van der Waals surface area contributed by atoms with Crippen molar-refractivity contribution >= 4 is 39.1 Å². The van der Waals surface area contributed by atoms with Gasteiger partial charge in [0, 0.05) is 21.4 Å². The first kappa shape index (κ1) is 16.2. The van der Waals surface area contributed by atoms with Gasteiger partial charge in [-0.15, -0.1) is 0 Å². The molecule has 6 heteroatoms. The van der Waals surface area contributed by atoms with Gasteiger partial charge in [0.15, 0.2) is 5.78 Å². The van der Waals surface area contributed by atoms with Crippen LogP contribution in [0.2, 0.25) is 5.02 Å². The van der Waals surface area contributed by atoms with Gasteiger partial charge >= 0.3 is 5.63 Å². The van der Waals surface area contributed by atoms with E-state index in [0.29, 0.717) is 21.4 Å². The van der Waals surface area contributed by atoms with Crippen molar-refractivity contribution in [2.24, 2.45) is 0 Å². The molecule has 1 heterocycles. The largest absolute Gasteiger partial charge is 0.507 e. The second kappa shape index (κ2) is 5.89. The molecule has 0 aliphatic rings. The number of fused-ring (bicyclic) bond motifs is 3. The first-order valence-corrected chi connectivity index (χ1v) is 8.05. The van der Waals surface area contributed by atoms with Crippen LogP contribution >= 0.6 is 11.6 Å². The third-order valence-electron chi connectivity index (χ3n) is 4.18. The van der Waals surface area contributed by atoms with Gasteiger partial charge in [-0.1, -0.05) is 23.7 Å². The van der Waals surface area contributed by atoms with Crippen molar-refractivity contribution in [2.45, 2.75) is 0 Å². The van der Waals surface area contributed by atoms with Crippen LogP contribution in [0.5, 0.6) is 11.5 Å². The van der Waals surface area contributed by atoms with E-state index in [-0.39, 0.29) is 28.0 Å². The third kappa shape index (κ3) is 2.50. The average molecular weight is 367 g/mol. The average Bonchev–Trinajstić information content (AvgIpc) is 2.63. The van der Waals surface area contributed by atoms with Crippen molar-refractivity contribution < 1.29 is 19.4 Å². The van der Waals surface area contributed by atoms with Crippen molar-refractivity contribution in [3.63, 3.8) is 0 Å². The maximum absolute atomic E-state index is 12.8. The fourth-order valence-corrected chi connectivity index (χ4v) is 3.12. The molecule has 0 bridgehead atoms. The normalized spacial score (nSPS) is 11.1. The molecule has 0 aliphatic heterocycles. The monoisotopic (exact) mass is 366 g/mol. The Kier molecular flexibility index (Phi) is 3.67. The Morgan fingerprint density at radius 1 is 0.923 bits per heavy atom. The number of phenolic OH excluding ortho intramolecular Hbond substituents is 2. The zero-order chi connectivity index (χ0) is 18.4. The van der Waals surface area contributed by atoms with Crippen LogP contribution in [-0.2, 0) is 0 Å². The van der Waals surface area contributed by atoms with Crippen molar-refractivity contribution in [2.75, 3.05) is 0 Å². The quantitative estimate of drug-likeness (QED) is 0.315. The van der Waals surface area contributed by atoms with Crippen LogP contribution in [0.1, 0.15) is 15.9 Å². The zero-order valence-corrected chi connectivity index (χ0v) is 13.9. The van der Waals surface area contributed by atoms with E-state index >= 15 is 0 Å². The summed E-state index contributed by atoms with van der Waals surface area (Å²) in [7, 11) is 0. The number of aromatic hydroxyl groups is 2. The molecule has 26 heavy (non-hydrogen) atoms. The number of ketones is 1. The number of carbonyl (C=O) groups excluding carboxylic acids is 1. The van der Waals surface area contributed by atoms with E-state index in [4.69, 9.17) is 16.0 Å². The van der Waals surface area contributed by atoms with E-state index < -0.39 is 11.4 Å². The van der Waals surface area contributed by atoms with E-state index in [1.165, 1.54) is 36.4 Å². The lowest BCUT2D eigenvalue weighted by atomic mass is 9.99. The summed E-state index contributed by atoms with van der Waals surface area (Å²) in [4.78, 5) is 24.9. The second-order valence-corrected chi connectivity index (χ2v) is 6.23. The second-order valence-electron chi connectivity index (χ2n) is 5.79. The summed E-state index contributed by atoms with van der Waals surface area (Å²) in [6, 6.07) is 13.5. The molecule has 0 saturated carbocycles. The molecule has 0 amide bonds. The van der Waals surface area contributed by atoms with Crippen LogP contribution in [0.15, 0.2) is 63.8 Å². The van der Waals surface area contributed by atoms with Gasteiger partial charge in [-0.3, -0.25) is 4.79 Å². The fourth-order valence-electron chi connectivity index (χ4n) is 2.95. The lowest BCUT2D eigenvalue weighted by Gasteiger charge is -2.08. The van der Waals surface area contributed by atoms with Gasteiger partial charge in [0.25, 0.3) is 0 Å². The summed E-state index contributed by atoms with van der Waals surface area (Å²) in [6.45, 7) is 0. The molecule has 0 atom stereocenters. The Balaban J connectivity index is 1.98. The lowest BCUT2D eigenvalue weighted by Crippen LogP contribution is -2.04. The summed E-state index contributed by atoms with van der Waals surface area (Å²) in [5, 5.41) is 21.3. The van der Waals surface area contributed by atoms with Crippen molar-refractivity contribution in [1.29, 1.82) is 0 Å². The smallest absolute Gasteiger partial charge is 0.347 e. The molecule has 2 N–H and O–H groups in total. The minimum atomic E-state index is -0.655. The molecule has 0 spiro atoms. The highest BCUT2D eigenvalue weighted by molar-refractivity contribution is 6.31. The van der Waals surface area contributed by atoms with Crippen LogP contribution < -0.4 is 5.63 Å². The van der Waals surface area contributed by atoms with Gasteiger partial charge in [-0.05, 0) is 42.5 Å². The zero-order valence-electron chi connectivity index (χ0n) is 13.2. The fraction of sp³-hybridized carbons (Fsp3) is 0. The molecule has 0 aliphatic carbocycles. The molecular weight excluding hydrogens is 356 g/mol. The standard InChI is InChI=1S/C20H11ClO5/c21-11-5-6-15(22)14(9-11)19(24)10-4-7-17-13(8-10)12-2-1-3-16(23)18(12)20(25)26-17/h1-9,22-23H. The van der Waals surface area contributed by atoms with E-state index in [2.05, 4.69) is 0 Å². The summed E-state index contributed by atoms with van der Waals surface area (Å²) in [6.07, 6.45) is 0. The third-order valence-corrected chi connectivity index (χ3v) is 4.42. The van der Waals surface area contributed by atoms with Crippen LogP contribution in [0, 0.1) is 0 Å². The Labute approximate surface area is 151 Å². The van der Waals surface area contributed by atoms with E-state index in [1.54, 1.807) is 18.2 Å². The highest BCUT2D eigenvalue weighted by atomic mass is 35.5. The van der Waals surface area contributed by atoms with Crippen molar-refractivity contribution in [1.82, 2.24) is 0 Å². The van der Waals surface area contributed by atoms with Gasteiger partial charge in [0.05, 0.1) is 5.56 Å². The van der Waals surface area contributed by atoms with Gasteiger partial charge < -0.3 is 14.6 Å². The molecular formula is C20H11ClO5. The SMILES string of the molecule is O=C(c1ccc2oc(=O)c3c(O)cccc3c2c1)c1cc(Cl)ccc1O. The van der Waals surface area contributed by atoms with Crippen LogP contribution in [0.3, 0.4) is 0 Å². The Morgan fingerprint density at radius 3 is 2.54 bits per heavy atom. The van der Waals surface area contributed by atoms with E-state index in [9.17, 15) is 19.8 Å². The maximum Gasteiger partial charge on any atom is 0.347 e. The van der Waals surface area contributed by atoms with E-state index in [1.807, 2.05) is 0 Å². The van der Waals surface area contributed by atoms with Gasteiger partial charge in [-0.2, -0.15) is 0 Å². The molecule has 0 unspecified atom stereocenters. The molecule has 0 radical (unpaired) electrons. The number of carbonyl (C=O) groups is 1. The lowest BCUT2D eigenvalue weighted by molar-refractivity contribution is 0.103. The first-order chi connectivity index (χ1) is 12.5. The minimum absolute atomic E-state index is 0.0511. The van der Waals surface area contributed by atoms with Crippen LogP contribution in [0.25, 0.3) is 21.7 Å². The Bertz CT molecular complexity index is 1260. The topological polar surface area (TPSA) is 87.7 Å². The number of benzene rings is 3. The van der Waals surface area contributed by atoms with Crippen molar-refractivity contribution in [3.05, 3.63) is 81.2 Å². The molecule has 5 nitrogen and oxygen atoms in total. The van der Waals surface area contributed by atoms with Gasteiger partial charge in [0.2, 0.25) is 0 Å². The summed E-state index contributed by atoms with van der Waals surface area (Å²) in [5.41, 5.74) is -0.00734. The predicted molar refractivity (Wildman–Crippen MR) is 98.2 cm³/mol. The first-order valence-electron chi connectivity index (χ1n) is 7.67. The van der Waals surface area contributed by atoms with Crippen molar-refractivity contribution in [3.8, 4) is 11.5 Å². The summed E-state index contributed by atoms with van der Waals surface area (Å²) >= 11 is 5.92. The van der Waals surface area contributed by atoms with Crippen LogP contribution in [-0.4, -0.2) is 16.0 Å². The number of hydrogen-bond acceptors (Lipinski definition) is 5. The van der Waals surface area contributed by atoms with Gasteiger partial charge in [-0.25, -0.2) is 4.79 Å². The number of phenols is 2. The molecule has 0 saturated heterocycles. The maximum atomic E-state index is 12.8. The predicted octanol–water partition coefficient (Wildman–Crippen LogP) is 4.24. The Morgan fingerprint density at radius 2 is 1.73 bits per heavy atom. The van der Waals surface area contributed by atoms with Gasteiger partial charge in [0.1, 0.15) is 22.5 Å².